The number of hydrogen-bond donors (Lipinski definition) is 0. The van der Waals surface area contributed by atoms with Crippen LogP contribution >= 0.6 is 0 Å². The highest BCUT2D eigenvalue weighted by molar-refractivity contribution is 5.81. The average Bonchev–Trinajstić information content (AvgIpc) is 2.77. The minimum absolute atomic E-state index is 0.0449. The number of rotatable bonds is 5. The molecule has 4 rings (SSSR count). The normalized spacial score (nSPS) is 21.8. The first-order valence-corrected chi connectivity index (χ1v) is 11.0. The summed E-state index contributed by atoms with van der Waals surface area (Å²) in [6.45, 7) is 4.69. The van der Waals surface area contributed by atoms with Gasteiger partial charge in [-0.25, -0.2) is 4.39 Å². The lowest BCUT2D eigenvalue weighted by Gasteiger charge is -2.49. The summed E-state index contributed by atoms with van der Waals surface area (Å²) in [6.07, 6.45) is 1.35. The Morgan fingerprint density at radius 2 is 1.77 bits per heavy atom. The first kappa shape index (κ1) is 21.9. The van der Waals surface area contributed by atoms with Gasteiger partial charge in [-0.15, -0.1) is 0 Å². The molecule has 0 radical (unpaired) electrons. The topological polar surface area (TPSA) is 36.0 Å². The molecule has 31 heavy (non-hydrogen) atoms. The van der Waals surface area contributed by atoms with Crippen LogP contribution in [0.4, 0.5) is 4.39 Å². The maximum absolute atomic E-state index is 13.2. The fraction of sp³-hybridized carbons (Fsp3) is 0.480. The molecular weight excluding hydrogens is 393 g/mol. The monoisotopic (exact) mass is 425 g/mol. The SMILES string of the molecule is CN1C[C@@H](C(=O)N(C)Cc2ccccc2)OC2(CCN(Cc3ccc(F)cc3)CC2)C1. The summed E-state index contributed by atoms with van der Waals surface area (Å²) in [5, 5.41) is 0. The zero-order valence-corrected chi connectivity index (χ0v) is 18.5. The van der Waals surface area contributed by atoms with Crippen molar-refractivity contribution >= 4 is 5.91 Å². The standard InChI is InChI=1S/C25H32FN3O2/c1-27-18-23(24(30)28(2)16-20-6-4-3-5-7-20)31-25(19-27)12-14-29(15-13-25)17-21-8-10-22(26)11-9-21/h3-11,23H,12-19H2,1-2H3/t23-/m0/s1. The number of amides is 1. The van der Waals surface area contributed by atoms with Gasteiger partial charge in [-0.1, -0.05) is 42.5 Å². The van der Waals surface area contributed by atoms with E-state index < -0.39 is 6.10 Å². The Kier molecular flexibility index (Phi) is 6.70. The van der Waals surface area contributed by atoms with Crippen LogP contribution in [0.15, 0.2) is 54.6 Å². The van der Waals surface area contributed by atoms with E-state index in [1.807, 2.05) is 49.5 Å². The summed E-state index contributed by atoms with van der Waals surface area (Å²) in [6, 6.07) is 16.8. The molecule has 1 amide bonds. The van der Waals surface area contributed by atoms with E-state index in [1.54, 1.807) is 4.90 Å². The van der Waals surface area contributed by atoms with Crippen molar-refractivity contribution < 1.29 is 13.9 Å². The lowest BCUT2D eigenvalue weighted by molar-refractivity contribution is -0.188. The molecule has 2 fully saturated rings. The van der Waals surface area contributed by atoms with Crippen LogP contribution < -0.4 is 0 Å². The number of carbonyl (C=O) groups excluding carboxylic acids is 1. The molecule has 0 aliphatic carbocycles. The molecule has 0 aromatic heterocycles. The second kappa shape index (κ2) is 9.47. The van der Waals surface area contributed by atoms with E-state index in [-0.39, 0.29) is 17.3 Å². The molecule has 2 heterocycles. The third-order valence-electron chi connectivity index (χ3n) is 6.43. The molecule has 0 N–H and O–H groups in total. The maximum Gasteiger partial charge on any atom is 0.253 e. The van der Waals surface area contributed by atoms with Gasteiger partial charge < -0.3 is 14.5 Å². The number of morpholine rings is 1. The fourth-order valence-corrected chi connectivity index (χ4v) is 4.77. The average molecular weight is 426 g/mol. The second-order valence-corrected chi connectivity index (χ2v) is 9.07. The lowest BCUT2D eigenvalue weighted by atomic mass is 9.88. The van der Waals surface area contributed by atoms with Gasteiger partial charge in [0.05, 0.1) is 5.60 Å². The largest absolute Gasteiger partial charge is 0.359 e. The van der Waals surface area contributed by atoms with Crippen LogP contribution in [-0.4, -0.2) is 72.6 Å². The maximum atomic E-state index is 13.2. The summed E-state index contributed by atoms with van der Waals surface area (Å²) in [7, 11) is 3.93. The van der Waals surface area contributed by atoms with Gasteiger partial charge in [-0.05, 0) is 43.1 Å². The number of benzene rings is 2. The number of piperidine rings is 1. The van der Waals surface area contributed by atoms with Crippen LogP contribution in [0, 0.1) is 5.82 Å². The highest BCUT2D eigenvalue weighted by atomic mass is 19.1. The Bertz CT molecular complexity index is 866. The molecule has 5 nitrogen and oxygen atoms in total. The number of ether oxygens (including phenoxy) is 1. The summed E-state index contributed by atoms with van der Waals surface area (Å²) in [5.41, 5.74) is 1.96. The highest BCUT2D eigenvalue weighted by Crippen LogP contribution is 2.33. The Hall–Kier alpha value is -2.28. The predicted molar refractivity (Wildman–Crippen MR) is 119 cm³/mol. The van der Waals surface area contributed by atoms with E-state index >= 15 is 0 Å². The summed E-state index contributed by atoms with van der Waals surface area (Å²) >= 11 is 0. The van der Waals surface area contributed by atoms with Crippen molar-refractivity contribution in [2.75, 3.05) is 40.3 Å². The van der Waals surface area contributed by atoms with Crippen LogP contribution in [0.2, 0.25) is 0 Å². The summed E-state index contributed by atoms with van der Waals surface area (Å²) < 4.78 is 19.7. The Labute approximate surface area is 184 Å². The van der Waals surface area contributed by atoms with Crippen LogP contribution in [0.1, 0.15) is 24.0 Å². The van der Waals surface area contributed by atoms with E-state index in [2.05, 4.69) is 16.8 Å². The van der Waals surface area contributed by atoms with Gasteiger partial charge in [0.1, 0.15) is 11.9 Å². The quantitative estimate of drug-likeness (QED) is 0.738. The molecule has 166 valence electrons. The minimum atomic E-state index is -0.434. The lowest BCUT2D eigenvalue weighted by Crippen LogP contribution is -2.61. The van der Waals surface area contributed by atoms with Gasteiger partial charge in [0.25, 0.3) is 5.91 Å². The van der Waals surface area contributed by atoms with Crippen molar-refractivity contribution in [2.24, 2.45) is 0 Å². The molecule has 1 atom stereocenters. The number of carbonyl (C=O) groups is 1. The predicted octanol–water partition coefficient (Wildman–Crippen LogP) is 3.15. The number of halogens is 1. The zero-order valence-electron chi connectivity index (χ0n) is 18.5. The Balaban J connectivity index is 1.35. The van der Waals surface area contributed by atoms with Gasteiger partial charge in [0.2, 0.25) is 0 Å². The van der Waals surface area contributed by atoms with Crippen molar-refractivity contribution in [1.82, 2.24) is 14.7 Å². The van der Waals surface area contributed by atoms with Crippen LogP contribution in [-0.2, 0) is 22.6 Å². The fourth-order valence-electron chi connectivity index (χ4n) is 4.77. The Morgan fingerprint density at radius 3 is 2.45 bits per heavy atom. The number of nitrogens with zero attached hydrogens (tertiary/aromatic N) is 3. The minimum Gasteiger partial charge on any atom is -0.359 e. The highest BCUT2D eigenvalue weighted by Gasteiger charge is 2.44. The molecule has 2 saturated heterocycles. The molecule has 1 spiro atoms. The van der Waals surface area contributed by atoms with Crippen molar-refractivity contribution in [1.29, 1.82) is 0 Å². The number of hydrogen-bond acceptors (Lipinski definition) is 4. The molecule has 0 bridgehead atoms. The van der Waals surface area contributed by atoms with Crippen molar-refractivity contribution in [3.05, 3.63) is 71.5 Å². The number of likely N-dealkylation sites (tertiary alicyclic amines) is 1. The van der Waals surface area contributed by atoms with Gasteiger partial charge in [0.15, 0.2) is 0 Å². The van der Waals surface area contributed by atoms with E-state index in [0.29, 0.717) is 13.1 Å². The van der Waals surface area contributed by atoms with Crippen LogP contribution in [0.25, 0.3) is 0 Å². The van der Waals surface area contributed by atoms with Gasteiger partial charge in [-0.2, -0.15) is 0 Å². The van der Waals surface area contributed by atoms with E-state index in [1.165, 1.54) is 12.1 Å². The molecule has 2 aromatic carbocycles. The summed E-state index contributed by atoms with van der Waals surface area (Å²) in [4.78, 5) is 19.5. The summed E-state index contributed by atoms with van der Waals surface area (Å²) in [5.74, 6) is -0.156. The van der Waals surface area contributed by atoms with Gasteiger partial charge in [0, 0.05) is 46.3 Å². The van der Waals surface area contributed by atoms with Crippen molar-refractivity contribution in [3.63, 3.8) is 0 Å². The first-order valence-electron chi connectivity index (χ1n) is 11.0. The Morgan fingerprint density at radius 1 is 1.10 bits per heavy atom. The first-order chi connectivity index (χ1) is 14.9. The van der Waals surface area contributed by atoms with Crippen molar-refractivity contribution in [3.8, 4) is 0 Å². The van der Waals surface area contributed by atoms with E-state index in [9.17, 15) is 9.18 Å². The van der Waals surface area contributed by atoms with E-state index in [0.717, 1.165) is 50.1 Å². The van der Waals surface area contributed by atoms with Gasteiger partial charge >= 0.3 is 0 Å². The van der Waals surface area contributed by atoms with Crippen LogP contribution in [0.5, 0.6) is 0 Å². The molecule has 0 saturated carbocycles. The molecule has 2 aromatic rings. The second-order valence-electron chi connectivity index (χ2n) is 9.07. The van der Waals surface area contributed by atoms with Gasteiger partial charge in [-0.3, -0.25) is 9.69 Å². The van der Waals surface area contributed by atoms with Crippen LogP contribution in [0.3, 0.4) is 0 Å². The third-order valence-corrected chi connectivity index (χ3v) is 6.43. The molecule has 2 aliphatic rings. The smallest absolute Gasteiger partial charge is 0.253 e. The van der Waals surface area contributed by atoms with E-state index in [4.69, 9.17) is 4.74 Å². The molecule has 2 aliphatic heterocycles. The molecule has 0 unspecified atom stereocenters. The third kappa shape index (κ3) is 5.50. The molecule has 6 heteroatoms. The number of likely N-dealkylation sites (N-methyl/N-ethyl adjacent to an activating group) is 2. The van der Waals surface area contributed by atoms with Crippen molar-refractivity contribution in [2.45, 2.75) is 37.6 Å². The zero-order chi connectivity index (χ0) is 21.8. The molecular formula is C25H32FN3O2.